The zero-order valence-electron chi connectivity index (χ0n) is 13.0. The van der Waals surface area contributed by atoms with Crippen LogP contribution in [0, 0.1) is 0 Å². The molecule has 2 rings (SSSR count). The normalized spacial score (nSPS) is 17.9. The fourth-order valence-corrected chi connectivity index (χ4v) is 4.38. The van der Waals surface area contributed by atoms with Crippen molar-refractivity contribution in [2.24, 2.45) is 0 Å². The molecule has 0 aromatic heterocycles. The Labute approximate surface area is 128 Å². The van der Waals surface area contributed by atoms with Crippen molar-refractivity contribution in [3.8, 4) is 0 Å². The number of sulfonamides is 1. The Morgan fingerprint density at radius 2 is 1.67 bits per heavy atom. The molecule has 1 aliphatic rings. The molecule has 0 spiro atoms. The first-order valence-electron chi connectivity index (χ1n) is 7.77. The lowest BCUT2D eigenvalue weighted by Crippen LogP contribution is -2.36. The summed E-state index contributed by atoms with van der Waals surface area (Å²) in [4.78, 5) is 0.397. The van der Waals surface area contributed by atoms with E-state index in [4.69, 9.17) is 0 Å². The van der Waals surface area contributed by atoms with Crippen molar-refractivity contribution in [1.82, 2.24) is 9.62 Å². The number of benzene rings is 1. The lowest BCUT2D eigenvalue weighted by atomic mass is 10.1. The molecule has 0 unspecified atom stereocenters. The van der Waals surface area contributed by atoms with Gasteiger partial charge in [-0.25, -0.2) is 8.42 Å². The van der Waals surface area contributed by atoms with Crippen molar-refractivity contribution in [3.05, 3.63) is 29.8 Å². The fraction of sp³-hybridized carbons (Fsp3) is 0.625. The van der Waals surface area contributed by atoms with Gasteiger partial charge in [0.1, 0.15) is 0 Å². The molecule has 1 saturated carbocycles. The molecular weight excluding hydrogens is 284 g/mol. The Balaban J connectivity index is 2.15. The first-order valence-corrected chi connectivity index (χ1v) is 9.21. The van der Waals surface area contributed by atoms with Crippen LogP contribution in [0.3, 0.4) is 0 Å². The van der Waals surface area contributed by atoms with Crippen LogP contribution in [0.1, 0.15) is 44.1 Å². The van der Waals surface area contributed by atoms with Crippen molar-refractivity contribution in [2.45, 2.75) is 56.0 Å². The predicted molar refractivity (Wildman–Crippen MR) is 85.6 cm³/mol. The smallest absolute Gasteiger partial charge is 0.243 e. The summed E-state index contributed by atoms with van der Waals surface area (Å²) in [5.74, 6) is 0. The van der Waals surface area contributed by atoms with Crippen LogP contribution in [0.4, 0.5) is 0 Å². The third kappa shape index (κ3) is 4.05. The van der Waals surface area contributed by atoms with E-state index >= 15 is 0 Å². The highest BCUT2D eigenvalue weighted by molar-refractivity contribution is 7.89. The summed E-state index contributed by atoms with van der Waals surface area (Å²) in [6.07, 6.45) is 6.67. The second kappa shape index (κ2) is 7.38. The van der Waals surface area contributed by atoms with E-state index in [9.17, 15) is 8.42 Å². The Morgan fingerprint density at radius 1 is 1.10 bits per heavy atom. The number of hydrogen-bond acceptors (Lipinski definition) is 3. The minimum atomic E-state index is -3.37. The van der Waals surface area contributed by atoms with Crippen LogP contribution in [0.5, 0.6) is 0 Å². The highest BCUT2D eigenvalue weighted by Crippen LogP contribution is 2.25. The van der Waals surface area contributed by atoms with Gasteiger partial charge in [0, 0.05) is 19.6 Å². The van der Waals surface area contributed by atoms with E-state index in [0.717, 1.165) is 37.8 Å². The van der Waals surface area contributed by atoms with Crippen LogP contribution < -0.4 is 5.32 Å². The third-order valence-electron chi connectivity index (χ3n) is 4.32. The number of nitrogens with zero attached hydrogens (tertiary/aromatic N) is 1. The van der Waals surface area contributed by atoms with Gasteiger partial charge < -0.3 is 5.32 Å². The molecule has 118 valence electrons. The molecule has 0 radical (unpaired) electrons. The Bertz CT molecular complexity index is 532. The summed E-state index contributed by atoms with van der Waals surface area (Å²) in [7, 11) is 0.235. The standard InChI is InChI=1S/C16H26N2O2S/c1-17-13-14-9-11-16(12-10-14)21(19,20)18(2)15-7-5-3-4-6-8-15/h9-12,15,17H,3-8,13H2,1-2H3. The van der Waals surface area contributed by atoms with Gasteiger partial charge in [-0.2, -0.15) is 4.31 Å². The average molecular weight is 310 g/mol. The SMILES string of the molecule is CNCc1ccc(S(=O)(=O)N(C)C2CCCCCC2)cc1. The Morgan fingerprint density at radius 3 is 2.19 bits per heavy atom. The van der Waals surface area contributed by atoms with Crippen LogP contribution in [0.15, 0.2) is 29.2 Å². The minimum Gasteiger partial charge on any atom is -0.316 e. The second-order valence-corrected chi connectivity index (χ2v) is 7.84. The van der Waals surface area contributed by atoms with Gasteiger partial charge >= 0.3 is 0 Å². The first-order chi connectivity index (χ1) is 10.1. The monoisotopic (exact) mass is 310 g/mol. The largest absolute Gasteiger partial charge is 0.316 e. The molecule has 21 heavy (non-hydrogen) atoms. The zero-order chi connectivity index (χ0) is 15.3. The van der Waals surface area contributed by atoms with Crippen molar-refractivity contribution >= 4 is 10.0 Å². The molecule has 1 fully saturated rings. The summed E-state index contributed by atoms with van der Waals surface area (Å²) in [6, 6.07) is 7.34. The van der Waals surface area contributed by atoms with Gasteiger partial charge in [0.05, 0.1) is 4.90 Å². The van der Waals surface area contributed by atoms with Gasteiger partial charge in [-0.05, 0) is 37.6 Å². The summed E-state index contributed by atoms with van der Waals surface area (Å²) in [6.45, 7) is 0.749. The third-order valence-corrected chi connectivity index (χ3v) is 6.24. The lowest BCUT2D eigenvalue weighted by Gasteiger charge is -2.26. The topological polar surface area (TPSA) is 49.4 Å². The molecule has 0 aliphatic heterocycles. The maximum atomic E-state index is 12.7. The fourth-order valence-electron chi connectivity index (χ4n) is 2.97. The molecule has 1 aromatic carbocycles. The van der Waals surface area contributed by atoms with Crippen LogP contribution in [0.25, 0.3) is 0 Å². The highest BCUT2D eigenvalue weighted by Gasteiger charge is 2.28. The van der Waals surface area contributed by atoms with Crippen molar-refractivity contribution in [2.75, 3.05) is 14.1 Å². The molecule has 1 N–H and O–H groups in total. The molecule has 4 nitrogen and oxygen atoms in total. The maximum absolute atomic E-state index is 12.7. The van der Waals surface area contributed by atoms with E-state index in [-0.39, 0.29) is 6.04 Å². The molecule has 0 saturated heterocycles. The summed E-state index contributed by atoms with van der Waals surface area (Å²) >= 11 is 0. The van der Waals surface area contributed by atoms with E-state index in [0.29, 0.717) is 4.90 Å². The van der Waals surface area contributed by atoms with Crippen molar-refractivity contribution in [3.63, 3.8) is 0 Å². The molecule has 1 aliphatic carbocycles. The molecule has 0 bridgehead atoms. The maximum Gasteiger partial charge on any atom is 0.243 e. The van der Waals surface area contributed by atoms with Crippen LogP contribution >= 0.6 is 0 Å². The highest BCUT2D eigenvalue weighted by atomic mass is 32.2. The van der Waals surface area contributed by atoms with Crippen LogP contribution in [-0.2, 0) is 16.6 Å². The van der Waals surface area contributed by atoms with Crippen LogP contribution in [-0.4, -0.2) is 32.9 Å². The van der Waals surface area contributed by atoms with Gasteiger partial charge in [-0.1, -0.05) is 37.8 Å². The summed E-state index contributed by atoms with van der Waals surface area (Å²) in [5, 5.41) is 3.06. The molecule has 0 amide bonds. The zero-order valence-corrected chi connectivity index (χ0v) is 13.8. The van der Waals surface area contributed by atoms with E-state index < -0.39 is 10.0 Å². The number of hydrogen-bond donors (Lipinski definition) is 1. The first kappa shape index (κ1) is 16.5. The summed E-state index contributed by atoms with van der Waals surface area (Å²) < 4.78 is 27.0. The van der Waals surface area contributed by atoms with Gasteiger partial charge in [-0.15, -0.1) is 0 Å². The Kier molecular flexibility index (Phi) is 5.79. The van der Waals surface area contributed by atoms with Crippen molar-refractivity contribution < 1.29 is 8.42 Å². The number of nitrogens with one attached hydrogen (secondary N) is 1. The van der Waals surface area contributed by atoms with E-state index in [1.807, 2.05) is 19.2 Å². The molecule has 1 aromatic rings. The van der Waals surface area contributed by atoms with Crippen LogP contribution in [0.2, 0.25) is 0 Å². The van der Waals surface area contributed by atoms with Gasteiger partial charge in [0.2, 0.25) is 10.0 Å². The average Bonchev–Trinajstić information content (AvgIpc) is 2.76. The van der Waals surface area contributed by atoms with Gasteiger partial charge in [-0.3, -0.25) is 0 Å². The van der Waals surface area contributed by atoms with Gasteiger partial charge in [0.25, 0.3) is 0 Å². The predicted octanol–water partition coefficient (Wildman–Crippen LogP) is 2.75. The second-order valence-electron chi connectivity index (χ2n) is 5.84. The van der Waals surface area contributed by atoms with E-state index in [2.05, 4.69) is 5.32 Å². The molecular formula is C16H26N2O2S. The van der Waals surface area contributed by atoms with E-state index in [1.165, 1.54) is 12.8 Å². The lowest BCUT2D eigenvalue weighted by molar-refractivity contribution is 0.335. The van der Waals surface area contributed by atoms with Crippen molar-refractivity contribution in [1.29, 1.82) is 0 Å². The summed E-state index contributed by atoms with van der Waals surface area (Å²) in [5.41, 5.74) is 1.09. The molecule has 5 heteroatoms. The minimum absolute atomic E-state index is 0.148. The molecule has 0 atom stereocenters. The van der Waals surface area contributed by atoms with Gasteiger partial charge in [0.15, 0.2) is 0 Å². The van der Waals surface area contributed by atoms with E-state index in [1.54, 1.807) is 23.5 Å². The Hall–Kier alpha value is -0.910. The number of rotatable bonds is 5. The molecule has 0 heterocycles. The quantitative estimate of drug-likeness (QED) is 0.851.